The van der Waals surface area contributed by atoms with Crippen molar-refractivity contribution in [2.24, 2.45) is 0 Å². The van der Waals surface area contributed by atoms with Crippen LogP contribution in [0.1, 0.15) is 24.8 Å². The fourth-order valence-corrected chi connectivity index (χ4v) is 1.28. The Balaban J connectivity index is 2.15. The second-order valence-electron chi connectivity index (χ2n) is 3.24. The molecule has 1 radical (unpaired) electrons. The summed E-state index contributed by atoms with van der Waals surface area (Å²) in [7, 11) is 0. The maximum atomic E-state index is 5.77. The zero-order valence-electron chi connectivity index (χ0n) is 8.34. The smallest absolute Gasteiger partial charge is 0.0716 e. The molecule has 0 aromatic heterocycles. The third-order valence-electron chi connectivity index (χ3n) is 1.97. The highest BCUT2D eigenvalue weighted by Crippen LogP contribution is 2.10. The van der Waals surface area contributed by atoms with Gasteiger partial charge >= 0.3 is 0 Å². The zero-order chi connectivity index (χ0) is 10.2. The van der Waals surface area contributed by atoms with Gasteiger partial charge in [0, 0.05) is 11.6 Å². The molecule has 2 heteroatoms. The number of hydrogen-bond acceptors (Lipinski definition) is 1. The molecule has 0 unspecified atom stereocenters. The van der Waals surface area contributed by atoms with E-state index < -0.39 is 0 Å². The van der Waals surface area contributed by atoms with Gasteiger partial charge in [-0.3, -0.25) is 0 Å². The largest absolute Gasteiger partial charge is 0.377 e. The van der Waals surface area contributed by atoms with Crippen LogP contribution in [0.5, 0.6) is 0 Å². The SMILES string of the molecule is [CH2]CCCCOCc1ccc(Cl)cc1. The van der Waals surface area contributed by atoms with Crippen molar-refractivity contribution in [1.29, 1.82) is 0 Å². The summed E-state index contributed by atoms with van der Waals surface area (Å²) in [6.07, 6.45) is 3.22. The minimum absolute atomic E-state index is 0.675. The van der Waals surface area contributed by atoms with Gasteiger partial charge in [0.25, 0.3) is 0 Å². The van der Waals surface area contributed by atoms with Gasteiger partial charge in [-0.2, -0.15) is 0 Å². The number of benzene rings is 1. The summed E-state index contributed by atoms with van der Waals surface area (Å²) in [4.78, 5) is 0. The Hall–Kier alpha value is -0.530. The van der Waals surface area contributed by atoms with Crippen LogP contribution < -0.4 is 0 Å². The normalized spacial score (nSPS) is 10.4. The van der Waals surface area contributed by atoms with E-state index in [1.807, 2.05) is 24.3 Å². The summed E-state index contributed by atoms with van der Waals surface area (Å²) < 4.78 is 5.49. The lowest BCUT2D eigenvalue weighted by Crippen LogP contribution is -1.95. The molecular formula is C12H16ClO. The van der Waals surface area contributed by atoms with E-state index in [-0.39, 0.29) is 0 Å². The monoisotopic (exact) mass is 211 g/mol. The first-order valence-electron chi connectivity index (χ1n) is 4.94. The number of hydrogen-bond donors (Lipinski definition) is 0. The van der Waals surface area contributed by atoms with E-state index in [9.17, 15) is 0 Å². The van der Waals surface area contributed by atoms with Gasteiger partial charge in [0.05, 0.1) is 6.61 Å². The maximum Gasteiger partial charge on any atom is 0.0716 e. The molecule has 0 bridgehead atoms. The van der Waals surface area contributed by atoms with Crippen LogP contribution in [0.25, 0.3) is 0 Å². The van der Waals surface area contributed by atoms with Crippen molar-refractivity contribution in [2.45, 2.75) is 25.9 Å². The average Bonchev–Trinajstić information content (AvgIpc) is 2.21. The molecule has 0 fully saturated rings. The molecular weight excluding hydrogens is 196 g/mol. The standard InChI is InChI=1S/C12H16ClO/c1-2-3-4-9-14-10-11-5-7-12(13)8-6-11/h5-8H,1-4,9-10H2. The predicted octanol–water partition coefficient (Wildman–Crippen LogP) is 3.86. The molecule has 0 heterocycles. The quantitative estimate of drug-likeness (QED) is 0.650. The molecule has 1 aromatic carbocycles. The summed E-state index contributed by atoms with van der Waals surface area (Å²) >= 11 is 5.77. The second-order valence-corrected chi connectivity index (χ2v) is 3.68. The minimum Gasteiger partial charge on any atom is -0.377 e. The number of unbranched alkanes of at least 4 members (excludes halogenated alkanes) is 2. The van der Waals surface area contributed by atoms with E-state index in [0.29, 0.717) is 6.61 Å². The van der Waals surface area contributed by atoms with Crippen LogP contribution in [0.15, 0.2) is 24.3 Å². The van der Waals surface area contributed by atoms with Crippen LogP contribution in [0.2, 0.25) is 5.02 Å². The molecule has 14 heavy (non-hydrogen) atoms. The van der Waals surface area contributed by atoms with Gasteiger partial charge in [0.15, 0.2) is 0 Å². The summed E-state index contributed by atoms with van der Waals surface area (Å²) in [5, 5.41) is 0.769. The lowest BCUT2D eigenvalue weighted by molar-refractivity contribution is 0.117. The second kappa shape index (κ2) is 6.86. The third kappa shape index (κ3) is 4.64. The Morgan fingerprint density at radius 1 is 1.14 bits per heavy atom. The lowest BCUT2D eigenvalue weighted by Gasteiger charge is -2.03. The zero-order valence-corrected chi connectivity index (χ0v) is 9.09. The fraction of sp³-hybridized carbons (Fsp3) is 0.417. The number of halogens is 1. The highest BCUT2D eigenvalue weighted by molar-refractivity contribution is 6.30. The fourth-order valence-electron chi connectivity index (χ4n) is 1.15. The van der Waals surface area contributed by atoms with Crippen LogP contribution in [0.3, 0.4) is 0 Å². The van der Waals surface area contributed by atoms with Gasteiger partial charge in [-0.1, -0.05) is 43.5 Å². The van der Waals surface area contributed by atoms with Crippen LogP contribution in [0.4, 0.5) is 0 Å². The topological polar surface area (TPSA) is 9.23 Å². The van der Waals surface area contributed by atoms with Gasteiger partial charge in [-0.15, -0.1) is 0 Å². The molecule has 1 nitrogen and oxygen atoms in total. The summed E-state index contributed by atoms with van der Waals surface area (Å²) in [5.74, 6) is 0. The number of rotatable bonds is 6. The first-order chi connectivity index (χ1) is 6.83. The molecule has 0 N–H and O–H groups in total. The molecule has 0 saturated heterocycles. The molecule has 0 saturated carbocycles. The molecule has 0 atom stereocenters. The van der Waals surface area contributed by atoms with Crippen molar-refractivity contribution in [1.82, 2.24) is 0 Å². The molecule has 1 aromatic rings. The van der Waals surface area contributed by atoms with E-state index in [2.05, 4.69) is 6.92 Å². The van der Waals surface area contributed by atoms with E-state index in [1.54, 1.807) is 0 Å². The molecule has 0 amide bonds. The summed E-state index contributed by atoms with van der Waals surface area (Å²) in [6.45, 7) is 5.27. The van der Waals surface area contributed by atoms with Gasteiger partial charge < -0.3 is 4.74 Å². The van der Waals surface area contributed by atoms with Gasteiger partial charge in [0.1, 0.15) is 0 Å². The van der Waals surface area contributed by atoms with E-state index in [4.69, 9.17) is 16.3 Å². The molecule has 77 valence electrons. The Morgan fingerprint density at radius 2 is 1.86 bits per heavy atom. The van der Waals surface area contributed by atoms with Crippen molar-refractivity contribution in [3.05, 3.63) is 41.8 Å². The Kier molecular flexibility index (Phi) is 5.65. The summed E-state index contributed by atoms with van der Waals surface area (Å²) in [6, 6.07) is 7.75. The highest BCUT2D eigenvalue weighted by Gasteiger charge is 1.93. The van der Waals surface area contributed by atoms with Gasteiger partial charge in [-0.05, 0) is 24.1 Å². The van der Waals surface area contributed by atoms with Crippen molar-refractivity contribution < 1.29 is 4.74 Å². The van der Waals surface area contributed by atoms with Gasteiger partial charge in [-0.25, -0.2) is 0 Å². The lowest BCUT2D eigenvalue weighted by atomic mass is 10.2. The van der Waals surface area contributed by atoms with Crippen molar-refractivity contribution in [3.63, 3.8) is 0 Å². The van der Waals surface area contributed by atoms with E-state index >= 15 is 0 Å². The maximum absolute atomic E-state index is 5.77. The van der Waals surface area contributed by atoms with Crippen molar-refractivity contribution >= 4 is 11.6 Å². The number of ether oxygens (including phenoxy) is 1. The average molecular weight is 212 g/mol. The van der Waals surface area contributed by atoms with Crippen LogP contribution in [-0.2, 0) is 11.3 Å². The predicted molar refractivity (Wildman–Crippen MR) is 60.3 cm³/mol. The van der Waals surface area contributed by atoms with Crippen LogP contribution >= 0.6 is 11.6 Å². The first-order valence-corrected chi connectivity index (χ1v) is 5.32. The molecule has 0 aliphatic rings. The van der Waals surface area contributed by atoms with Crippen LogP contribution in [0, 0.1) is 6.92 Å². The van der Waals surface area contributed by atoms with E-state index in [1.165, 1.54) is 5.56 Å². The molecule has 0 aliphatic heterocycles. The van der Waals surface area contributed by atoms with Crippen molar-refractivity contribution in [2.75, 3.05) is 6.61 Å². The Morgan fingerprint density at radius 3 is 2.50 bits per heavy atom. The third-order valence-corrected chi connectivity index (χ3v) is 2.22. The first kappa shape index (κ1) is 11.5. The van der Waals surface area contributed by atoms with E-state index in [0.717, 1.165) is 30.9 Å². The molecule has 1 rings (SSSR count). The molecule has 0 spiro atoms. The molecule has 0 aliphatic carbocycles. The van der Waals surface area contributed by atoms with Crippen LogP contribution in [-0.4, -0.2) is 6.61 Å². The minimum atomic E-state index is 0.675. The van der Waals surface area contributed by atoms with Gasteiger partial charge in [0.2, 0.25) is 0 Å². The highest BCUT2D eigenvalue weighted by atomic mass is 35.5. The Bertz CT molecular complexity index is 243. The summed E-state index contributed by atoms with van der Waals surface area (Å²) in [5.41, 5.74) is 1.17. The van der Waals surface area contributed by atoms with Crippen molar-refractivity contribution in [3.8, 4) is 0 Å². The Labute approximate surface area is 91.0 Å².